The van der Waals surface area contributed by atoms with E-state index in [-0.39, 0.29) is 12.0 Å². The molecule has 3 aromatic rings. The monoisotopic (exact) mass is 309 g/mol. The first-order valence-corrected chi connectivity index (χ1v) is 7.59. The number of nitrogens with zero attached hydrogens (tertiary/aromatic N) is 1. The second kappa shape index (κ2) is 6.52. The van der Waals surface area contributed by atoms with Gasteiger partial charge in [-0.2, -0.15) is 0 Å². The zero-order valence-electron chi connectivity index (χ0n) is 13.2. The Morgan fingerprint density at radius 1 is 1.26 bits per heavy atom. The minimum Gasteiger partial charge on any atom is -0.489 e. The predicted molar refractivity (Wildman–Crippen MR) is 90.6 cm³/mol. The Bertz CT molecular complexity index is 807. The highest BCUT2D eigenvalue weighted by Crippen LogP contribution is 2.16. The first-order chi connectivity index (χ1) is 11.1. The molecular weight excluding hydrogens is 290 g/mol. The first kappa shape index (κ1) is 15.1. The molecule has 0 saturated carbocycles. The van der Waals surface area contributed by atoms with Crippen LogP contribution in [-0.2, 0) is 11.2 Å². The molecule has 0 aliphatic heterocycles. The highest BCUT2D eigenvalue weighted by molar-refractivity contribution is 5.92. The van der Waals surface area contributed by atoms with E-state index in [1.165, 1.54) is 0 Å². The molecular formula is C18H19N3O2. The van der Waals surface area contributed by atoms with E-state index in [2.05, 4.69) is 15.3 Å². The lowest BCUT2D eigenvalue weighted by molar-refractivity contribution is -0.115. The average molecular weight is 309 g/mol. The number of rotatable bonds is 5. The molecule has 0 saturated heterocycles. The fourth-order valence-electron chi connectivity index (χ4n) is 2.37. The summed E-state index contributed by atoms with van der Waals surface area (Å²) in [4.78, 5) is 19.5. The summed E-state index contributed by atoms with van der Waals surface area (Å²) in [6, 6.07) is 11.5. The number of hydrogen-bond acceptors (Lipinski definition) is 3. The lowest BCUT2D eigenvalue weighted by Crippen LogP contribution is -2.15. The number of aromatic amines is 1. The van der Waals surface area contributed by atoms with Crippen molar-refractivity contribution in [1.82, 2.24) is 9.97 Å². The zero-order chi connectivity index (χ0) is 16.2. The predicted octanol–water partition coefficient (Wildman–Crippen LogP) is 3.53. The zero-order valence-corrected chi connectivity index (χ0v) is 13.2. The van der Waals surface area contributed by atoms with E-state index in [0.29, 0.717) is 18.0 Å². The van der Waals surface area contributed by atoms with E-state index in [9.17, 15) is 4.79 Å². The van der Waals surface area contributed by atoms with Gasteiger partial charge in [-0.05, 0) is 49.1 Å². The summed E-state index contributed by atoms with van der Waals surface area (Å²) in [7, 11) is 0. The number of amides is 1. The summed E-state index contributed by atoms with van der Waals surface area (Å²) in [6.07, 6.45) is 3.90. The fraction of sp³-hybridized carbons (Fsp3) is 0.222. The average Bonchev–Trinajstić information content (AvgIpc) is 2.96. The highest BCUT2D eigenvalue weighted by Gasteiger charge is 2.07. The van der Waals surface area contributed by atoms with Crippen LogP contribution in [0.25, 0.3) is 10.9 Å². The summed E-state index contributed by atoms with van der Waals surface area (Å²) in [5, 5.41) is 3.93. The van der Waals surface area contributed by atoms with Crippen LogP contribution in [0.5, 0.6) is 5.75 Å². The fourth-order valence-corrected chi connectivity index (χ4v) is 2.37. The number of carbonyl (C=O) groups excluding carboxylic acids is 1. The van der Waals surface area contributed by atoms with Crippen molar-refractivity contribution in [3.8, 4) is 5.75 Å². The number of hydrogen-bond donors (Lipinski definition) is 2. The maximum atomic E-state index is 12.1. The Morgan fingerprint density at radius 2 is 2.13 bits per heavy atom. The smallest absolute Gasteiger partial charge is 0.229 e. The van der Waals surface area contributed by atoms with E-state index >= 15 is 0 Å². The van der Waals surface area contributed by atoms with Crippen LogP contribution in [0, 0.1) is 0 Å². The number of anilines is 1. The maximum Gasteiger partial charge on any atom is 0.229 e. The molecule has 0 fully saturated rings. The van der Waals surface area contributed by atoms with Crippen molar-refractivity contribution in [3.05, 3.63) is 54.4 Å². The summed E-state index contributed by atoms with van der Waals surface area (Å²) in [5.74, 6) is 1.11. The highest BCUT2D eigenvalue weighted by atomic mass is 16.5. The second-order valence-electron chi connectivity index (χ2n) is 5.67. The molecule has 0 bridgehead atoms. The molecule has 0 aliphatic rings. The van der Waals surface area contributed by atoms with Gasteiger partial charge in [-0.3, -0.25) is 4.79 Å². The normalized spacial score (nSPS) is 10.9. The van der Waals surface area contributed by atoms with Gasteiger partial charge in [0.1, 0.15) is 11.6 Å². The minimum atomic E-state index is -0.0964. The number of H-pyrrole nitrogens is 1. The summed E-state index contributed by atoms with van der Waals surface area (Å²) in [5.41, 5.74) is 1.99. The standard InChI is InChI=1S/C18H19N3O2/c1-12(2)23-15-5-6-17(20-11-15)21-18(22)10-13-3-4-14-7-8-19-16(14)9-13/h3-9,11-12,19H,10H2,1-2H3,(H,20,21,22). The third-order valence-electron chi connectivity index (χ3n) is 3.36. The topological polar surface area (TPSA) is 67.0 Å². The number of benzene rings is 1. The van der Waals surface area contributed by atoms with Crippen LogP contribution in [0.2, 0.25) is 0 Å². The van der Waals surface area contributed by atoms with Gasteiger partial charge in [0.05, 0.1) is 18.7 Å². The Labute approximate surface area is 134 Å². The molecule has 0 radical (unpaired) electrons. The van der Waals surface area contributed by atoms with E-state index in [0.717, 1.165) is 16.5 Å². The summed E-state index contributed by atoms with van der Waals surface area (Å²) >= 11 is 0. The van der Waals surface area contributed by atoms with Crippen LogP contribution in [0.1, 0.15) is 19.4 Å². The SMILES string of the molecule is CC(C)Oc1ccc(NC(=O)Cc2ccc3cc[nH]c3c2)nc1. The third kappa shape index (κ3) is 3.88. The van der Waals surface area contributed by atoms with Gasteiger partial charge in [-0.15, -0.1) is 0 Å². The van der Waals surface area contributed by atoms with Crippen molar-refractivity contribution in [3.63, 3.8) is 0 Å². The molecule has 1 amide bonds. The summed E-state index contributed by atoms with van der Waals surface area (Å²) in [6.45, 7) is 3.91. The molecule has 23 heavy (non-hydrogen) atoms. The van der Waals surface area contributed by atoms with Crippen LogP contribution < -0.4 is 10.1 Å². The first-order valence-electron chi connectivity index (χ1n) is 7.59. The molecule has 0 spiro atoms. The number of fused-ring (bicyclic) bond motifs is 1. The molecule has 0 aliphatic carbocycles. The molecule has 2 N–H and O–H groups in total. The quantitative estimate of drug-likeness (QED) is 0.757. The Hall–Kier alpha value is -2.82. The van der Waals surface area contributed by atoms with Gasteiger partial charge in [0, 0.05) is 11.7 Å². The van der Waals surface area contributed by atoms with Crippen molar-refractivity contribution >= 4 is 22.6 Å². The van der Waals surface area contributed by atoms with Gasteiger partial charge < -0.3 is 15.0 Å². The van der Waals surface area contributed by atoms with Gasteiger partial charge in [0.15, 0.2) is 0 Å². The second-order valence-corrected chi connectivity index (χ2v) is 5.67. The van der Waals surface area contributed by atoms with Crippen molar-refractivity contribution < 1.29 is 9.53 Å². The van der Waals surface area contributed by atoms with Crippen molar-refractivity contribution in [2.45, 2.75) is 26.4 Å². The van der Waals surface area contributed by atoms with Gasteiger partial charge in [-0.1, -0.05) is 12.1 Å². The molecule has 5 heteroatoms. The molecule has 2 aromatic heterocycles. The molecule has 5 nitrogen and oxygen atoms in total. The van der Waals surface area contributed by atoms with E-state index in [1.54, 1.807) is 18.3 Å². The van der Waals surface area contributed by atoms with Gasteiger partial charge in [0.25, 0.3) is 0 Å². The Balaban J connectivity index is 1.62. The van der Waals surface area contributed by atoms with Gasteiger partial charge in [0.2, 0.25) is 5.91 Å². The molecule has 1 aromatic carbocycles. The number of pyridine rings is 1. The van der Waals surface area contributed by atoms with Crippen LogP contribution in [0.15, 0.2) is 48.8 Å². The van der Waals surface area contributed by atoms with E-state index < -0.39 is 0 Å². The van der Waals surface area contributed by atoms with Crippen LogP contribution in [0.4, 0.5) is 5.82 Å². The number of nitrogens with one attached hydrogen (secondary N) is 2. The lowest BCUT2D eigenvalue weighted by Gasteiger charge is -2.10. The Morgan fingerprint density at radius 3 is 2.87 bits per heavy atom. The van der Waals surface area contributed by atoms with Crippen molar-refractivity contribution in [2.75, 3.05) is 5.32 Å². The molecule has 2 heterocycles. The summed E-state index contributed by atoms with van der Waals surface area (Å²) < 4.78 is 5.52. The molecule has 0 unspecified atom stereocenters. The van der Waals surface area contributed by atoms with Crippen molar-refractivity contribution in [1.29, 1.82) is 0 Å². The molecule has 118 valence electrons. The third-order valence-corrected chi connectivity index (χ3v) is 3.36. The molecule has 0 atom stereocenters. The van der Waals surface area contributed by atoms with Gasteiger partial charge >= 0.3 is 0 Å². The van der Waals surface area contributed by atoms with Crippen LogP contribution in [-0.4, -0.2) is 22.0 Å². The minimum absolute atomic E-state index is 0.0964. The van der Waals surface area contributed by atoms with E-state index in [1.807, 2.05) is 44.3 Å². The van der Waals surface area contributed by atoms with Crippen LogP contribution in [0.3, 0.4) is 0 Å². The van der Waals surface area contributed by atoms with E-state index in [4.69, 9.17) is 4.74 Å². The Kier molecular flexibility index (Phi) is 4.28. The maximum absolute atomic E-state index is 12.1. The van der Waals surface area contributed by atoms with Gasteiger partial charge in [-0.25, -0.2) is 4.98 Å². The van der Waals surface area contributed by atoms with Crippen molar-refractivity contribution in [2.24, 2.45) is 0 Å². The number of aromatic nitrogens is 2. The lowest BCUT2D eigenvalue weighted by atomic mass is 10.1. The van der Waals surface area contributed by atoms with Crippen LogP contribution >= 0.6 is 0 Å². The number of carbonyl (C=O) groups is 1. The molecule has 3 rings (SSSR count). The largest absolute Gasteiger partial charge is 0.489 e. The number of ether oxygens (including phenoxy) is 1.